The zero-order chi connectivity index (χ0) is 13.7. The number of hydrogen-bond donors (Lipinski definition) is 2. The quantitative estimate of drug-likeness (QED) is 0.870. The fourth-order valence-electron chi connectivity index (χ4n) is 2.73. The second kappa shape index (κ2) is 7.06. The van der Waals surface area contributed by atoms with Crippen LogP contribution in [-0.4, -0.2) is 19.0 Å². The summed E-state index contributed by atoms with van der Waals surface area (Å²) in [4.78, 5) is 13.3. The molecular weight excluding hydrogens is 256 g/mol. The summed E-state index contributed by atoms with van der Waals surface area (Å²) in [5.41, 5.74) is 0. The number of carbonyl (C=O) groups is 1. The summed E-state index contributed by atoms with van der Waals surface area (Å²) in [6, 6.07) is 4.23. The van der Waals surface area contributed by atoms with Gasteiger partial charge in [0.1, 0.15) is 0 Å². The monoisotopic (exact) mass is 280 g/mol. The van der Waals surface area contributed by atoms with E-state index < -0.39 is 0 Å². The number of hydrogen-bond acceptors (Lipinski definition) is 3. The van der Waals surface area contributed by atoms with Crippen molar-refractivity contribution in [3.8, 4) is 0 Å². The van der Waals surface area contributed by atoms with Gasteiger partial charge in [-0.05, 0) is 56.1 Å². The third-order valence-corrected chi connectivity index (χ3v) is 5.05. The third-order valence-electron chi connectivity index (χ3n) is 3.99. The number of thiophene rings is 1. The molecule has 19 heavy (non-hydrogen) atoms. The van der Waals surface area contributed by atoms with Gasteiger partial charge in [0, 0.05) is 11.3 Å². The predicted molar refractivity (Wildman–Crippen MR) is 80.3 cm³/mol. The highest BCUT2D eigenvalue weighted by Crippen LogP contribution is 2.23. The maximum atomic E-state index is 12.1. The first-order valence-electron chi connectivity index (χ1n) is 7.20. The lowest BCUT2D eigenvalue weighted by atomic mass is 9.85. The van der Waals surface area contributed by atoms with Gasteiger partial charge in [-0.1, -0.05) is 13.0 Å². The molecule has 2 heterocycles. The van der Waals surface area contributed by atoms with Crippen LogP contribution >= 0.6 is 11.3 Å². The highest BCUT2D eigenvalue weighted by Gasteiger charge is 2.22. The van der Waals surface area contributed by atoms with Gasteiger partial charge in [0.15, 0.2) is 0 Å². The summed E-state index contributed by atoms with van der Waals surface area (Å²) in [6.45, 7) is 6.45. The number of nitrogens with one attached hydrogen (secondary N) is 2. The molecule has 1 aromatic heterocycles. The third kappa shape index (κ3) is 4.32. The molecule has 2 rings (SSSR count). The van der Waals surface area contributed by atoms with Crippen LogP contribution in [0.4, 0.5) is 0 Å². The molecule has 0 aromatic carbocycles. The van der Waals surface area contributed by atoms with Crippen molar-refractivity contribution in [2.75, 3.05) is 13.1 Å². The topological polar surface area (TPSA) is 41.1 Å². The molecule has 1 aliphatic heterocycles. The number of carbonyl (C=O) groups excluding carboxylic acids is 1. The Morgan fingerprint density at radius 1 is 1.58 bits per heavy atom. The Kier molecular flexibility index (Phi) is 5.40. The average Bonchev–Trinajstić information content (AvgIpc) is 2.93. The van der Waals surface area contributed by atoms with Gasteiger partial charge >= 0.3 is 0 Å². The van der Waals surface area contributed by atoms with Gasteiger partial charge in [0.2, 0.25) is 5.91 Å². The van der Waals surface area contributed by atoms with Crippen LogP contribution < -0.4 is 10.6 Å². The summed E-state index contributed by atoms with van der Waals surface area (Å²) >= 11 is 1.70. The van der Waals surface area contributed by atoms with Crippen LogP contribution in [0.2, 0.25) is 0 Å². The molecule has 0 aliphatic carbocycles. The minimum atomic E-state index is 0.129. The van der Waals surface area contributed by atoms with E-state index in [9.17, 15) is 4.79 Å². The van der Waals surface area contributed by atoms with E-state index in [1.165, 1.54) is 17.7 Å². The fourth-order valence-corrected chi connectivity index (χ4v) is 3.47. The van der Waals surface area contributed by atoms with Crippen LogP contribution in [-0.2, 0) is 4.79 Å². The molecule has 106 valence electrons. The first-order valence-corrected chi connectivity index (χ1v) is 8.08. The minimum Gasteiger partial charge on any atom is -0.349 e. The molecule has 3 nitrogen and oxygen atoms in total. The van der Waals surface area contributed by atoms with Crippen molar-refractivity contribution in [1.29, 1.82) is 0 Å². The standard InChI is InChI=1S/C15H24N2OS/c1-11(13-5-3-7-16-10-13)9-15(18)17-12(2)14-6-4-8-19-14/h4,6,8,11-13,16H,3,5,7,9-10H2,1-2H3,(H,17,18)/t11?,12-,13?/m0/s1. The Morgan fingerprint density at radius 3 is 3.05 bits per heavy atom. The van der Waals surface area contributed by atoms with Crippen molar-refractivity contribution in [3.05, 3.63) is 22.4 Å². The van der Waals surface area contributed by atoms with Crippen molar-refractivity contribution in [3.63, 3.8) is 0 Å². The molecule has 2 unspecified atom stereocenters. The molecule has 1 fully saturated rings. The van der Waals surface area contributed by atoms with Gasteiger partial charge in [-0.15, -0.1) is 11.3 Å². The molecule has 0 spiro atoms. The van der Waals surface area contributed by atoms with Gasteiger partial charge in [-0.2, -0.15) is 0 Å². The van der Waals surface area contributed by atoms with Crippen LogP contribution in [0.25, 0.3) is 0 Å². The summed E-state index contributed by atoms with van der Waals surface area (Å²) in [6.07, 6.45) is 3.13. The van der Waals surface area contributed by atoms with Crippen LogP contribution in [0.15, 0.2) is 17.5 Å². The molecule has 1 aliphatic rings. The average molecular weight is 280 g/mol. The van der Waals surface area contributed by atoms with E-state index in [4.69, 9.17) is 0 Å². The second-order valence-corrected chi connectivity index (χ2v) is 6.57. The van der Waals surface area contributed by atoms with E-state index >= 15 is 0 Å². The van der Waals surface area contributed by atoms with E-state index in [0.717, 1.165) is 13.1 Å². The Labute approximate surface area is 119 Å². The van der Waals surface area contributed by atoms with Crippen molar-refractivity contribution >= 4 is 17.2 Å². The van der Waals surface area contributed by atoms with Crippen LogP contribution in [0.5, 0.6) is 0 Å². The Balaban J connectivity index is 1.77. The van der Waals surface area contributed by atoms with Crippen LogP contribution in [0.1, 0.15) is 44.0 Å². The first kappa shape index (κ1) is 14.5. The van der Waals surface area contributed by atoms with Crippen molar-refractivity contribution in [1.82, 2.24) is 10.6 Å². The van der Waals surface area contributed by atoms with Crippen molar-refractivity contribution in [2.24, 2.45) is 11.8 Å². The minimum absolute atomic E-state index is 0.129. The van der Waals surface area contributed by atoms with E-state index in [0.29, 0.717) is 18.3 Å². The molecule has 4 heteroatoms. The predicted octanol–water partition coefficient (Wildman–Crippen LogP) is 2.95. The molecule has 0 bridgehead atoms. The maximum absolute atomic E-state index is 12.1. The maximum Gasteiger partial charge on any atom is 0.220 e. The van der Waals surface area contributed by atoms with Crippen LogP contribution in [0, 0.1) is 11.8 Å². The lowest BCUT2D eigenvalue weighted by Crippen LogP contribution is -2.36. The highest BCUT2D eigenvalue weighted by atomic mass is 32.1. The summed E-state index contributed by atoms with van der Waals surface area (Å²) in [5, 5.41) is 8.58. The number of piperidine rings is 1. The fraction of sp³-hybridized carbons (Fsp3) is 0.667. The molecule has 1 amide bonds. The first-order chi connectivity index (χ1) is 9.16. The van der Waals surface area contributed by atoms with Crippen molar-refractivity contribution < 1.29 is 4.79 Å². The Hall–Kier alpha value is -0.870. The largest absolute Gasteiger partial charge is 0.349 e. The molecule has 1 aromatic rings. The van der Waals surface area contributed by atoms with Gasteiger partial charge in [0.05, 0.1) is 6.04 Å². The van der Waals surface area contributed by atoms with Crippen LogP contribution in [0.3, 0.4) is 0 Å². The van der Waals surface area contributed by atoms with Gasteiger partial charge < -0.3 is 10.6 Å². The smallest absolute Gasteiger partial charge is 0.220 e. The number of amides is 1. The summed E-state index contributed by atoms with van der Waals surface area (Å²) < 4.78 is 0. The second-order valence-electron chi connectivity index (χ2n) is 5.59. The normalized spacial score (nSPS) is 22.7. The van der Waals surface area contributed by atoms with Gasteiger partial charge in [-0.3, -0.25) is 4.79 Å². The van der Waals surface area contributed by atoms with Crippen molar-refractivity contribution in [2.45, 2.75) is 39.2 Å². The molecule has 3 atom stereocenters. The number of rotatable bonds is 5. The zero-order valence-electron chi connectivity index (χ0n) is 11.8. The lowest BCUT2D eigenvalue weighted by Gasteiger charge is -2.28. The zero-order valence-corrected chi connectivity index (χ0v) is 12.6. The summed E-state index contributed by atoms with van der Waals surface area (Å²) in [5.74, 6) is 1.29. The lowest BCUT2D eigenvalue weighted by molar-refractivity contribution is -0.123. The van der Waals surface area contributed by atoms with E-state index in [2.05, 4.69) is 30.5 Å². The molecule has 2 N–H and O–H groups in total. The SMILES string of the molecule is CC(CC(=O)N[C@@H](C)c1cccs1)C1CCCNC1. The van der Waals surface area contributed by atoms with E-state index in [1.54, 1.807) is 11.3 Å². The van der Waals surface area contributed by atoms with E-state index in [1.807, 2.05) is 11.4 Å². The van der Waals surface area contributed by atoms with Gasteiger partial charge in [0.25, 0.3) is 0 Å². The molecule has 0 radical (unpaired) electrons. The highest BCUT2D eigenvalue weighted by molar-refractivity contribution is 7.10. The molecule has 0 saturated carbocycles. The molecular formula is C15H24N2OS. The summed E-state index contributed by atoms with van der Waals surface area (Å²) in [7, 11) is 0. The van der Waals surface area contributed by atoms with Gasteiger partial charge in [-0.25, -0.2) is 0 Å². The van der Waals surface area contributed by atoms with E-state index in [-0.39, 0.29) is 11.9 Å². The Bertz CT molecular complexity index is 385. The Morgan fingerprint density at radius 2 is 2.42 bits per heavy atom. The molecule has 1 saturated heterocycles.